The second-order valence-corrected chi connectivity index (χ2v) is 5.86. The van der Waals surface area contributed by atoms with Gasteiger partial charge in [-0.05, 0) is 37.5 Å². The highest BCUT2D eigenvalue weighted by Crippen LogP contribution is 2.33. The van der Waals surface area contributed by atoms with Crippen LogP contribution in [0.4, 0.5) is 18.9 Å². The molecule has 0 aliphatic rings. The standard InChI is InChI=1S/C15H20F3N3/c1-10(2)7-14(3,9-20)21-12-4-5-13(15(16,17)18)11(6-12)8-19/h4-6,10,21H,7,9,20H2,1-3H3. The third-order valence-electron chi connectivity index (χ3n) is 3.20. The van der Waals surface area contributed by atoms with E-state index in [-0.39, 0.29) is 0 Å². The van der Waals surface area contributed by atoms with Crippen LogP contribution in [-0.2, 0) is 6.18 Å². The summed E-state index contributed by atoms with van der Waals surface area (Å²) in [6, 6.07) is 5.07. The van der Waals surface area contributed by atoms with Gasteiger partial charge in [-0.1, -0.05) is 13.8 Å². The molecule has 0 saturated heterocycles. The largest absolute Gasteiger partial charge is 0.417 e. The zero-order valence-electron chi connectivity index (χ0n) is 12.4. The van der Waals surface area contributed by atoms with Crippen molar-refractivity contribution in [2.45, 2.75) is 38.9 Å². The van der Waals surface area contributed by atoms with Gasteiger partial charge in [-0.15, -0.1) is 0 Å². The van der Waals surface area contributed by atoms with Crippen molar-refractivity contribution in [1.82, 2.24) is 0 Å². The van der Waals surface area contributed by atoms with Gasteiger partial charge in [0.25, 0.3) is 0 Å². The summed E-state index contributed by atoms with van der Waals surface area (Å²) in [5.74, 6) is 0.385. The van der Waals surface area contributed by atoms with Crippen molar-refractivity contribution in [3.05, 3.63) is 29.3 Å². The predicted molar refractivity (Wildman–Crippen MR) is 76.7 cm³/mol. The maximum Gasteiger partial charge on any atom is 0.417 e. The lowest BCUT2D eigenvalue weighted by Gasteiger charge is -2.32. The van der Waals surface area contributed by atoms with Gasteiger partial charge in [0.05, 0.1) is 17.2 Å². The maximum atomic E-state index is 12.8. The van der Waals surface area contributed by atoms with E-state index in [1.54, 1.807) is 6.07 Å². The Hall–Kier alpha value is -1.74. The minimum Gasteiger partial charge on any atom is -0.379 e. The number of hydrogen-bond acceptors (Lipinski definition) is 3. The molecule has 0 aromatic heterocycles. The second-order valence-electron chi connectivity index (χ2n) is 5.86. The molecule has 0 saturated carbocycles. The minimum atomic E-state index is -4.53. The summed E-state index contributed by atoms with van der Waals surface area (Å²) < 4.78 is 38.3. The van der Waals surface area contributed by atoms with Crippen LogP contribution < -0.4 is 11.1 Å². The Kier molecular flexibility index (Phi) is 5.24. The van der Waals surface area contributed by atoms with Crippen LogP contribution in [0.25, 0.3) is 0 Å². The SMILES string of the molecule is CC(C)CC(C)(CN)Nc1ccc(C(F)(F)F)c(C#N)c1. The molecule has 1 aromatic carbocycles. The van der Waals surface area contributed by atoms with Crippen LogP contribution >= 0.6 is 0 Å². The van der Waals surface area contributed by atoms with Gasteiger partial charge < -0.3 is 11.1 Å². The average molecular weight is 299 g/mol. The Bertz CT molecular complexity index is 532. The van der Waals surface area contributed by atoms with E-state index in [0.717, 1.165) is 12.5 Å². The first-order chi connectivity index (χ1) is 9.61. The number of alkyl halides is 3. The Balaban J connectivity index is 3.09. The highest BCUT2D eigenvalue weighted by molar-refractivity contribution is 5.54. The smallest absolute Gasteiger partial charge is 0.379 e. The Morgan fingerprint density at radius 3 is 2.38 bits per heavy atom. The molecule has 3 N–H and O–H groups in total. The van der Waals surface area contributed by atoms with Gasteiger partial charge in [0.1, 0.15) is 0 Å². The Morgan fingerprint density at radius 2 is 1.95 bits per heavy atom. The number of nitrogens with one attached hydrogen (secondary N) is 1. The number of nitrogens with two attached hydrogens (primary N) is 1. The number of hydrogen-bond donors (Lipinski definition) is 2. The lowest BCUT2D eigenvalue weighted by molar-refractivity contribution is -0.137. The van der Waals surface area contributed by atoms with Crippen molar-refractivity contribution in [2.75, 3.05) is 11.9 Å². The fraction of sp³-hybridized carbons (Fsp3) is 0.533. The molecule has 1 rings (SSSR count). The zero-order chi connectivity index (χ0) is 16.3. The first-order valence-corrected chi connectivity index (χ1v) is 6.71. The van der Waals surface area contributed by atoms with Gasteiger partial charge >= 0.3 is 6.18 Å². The van der Waals surface area contributed by atoms with E-state index < -0.39 is 22.8 Å². The van der Waals surface area contributed by atoms with Crippen molar-refractivity contribution < 1.29 is 13.2 Å². The normalized spacial score (nSPS) is 14.6. The number of rotatable bonds is 5. The fourth-order valence-corrected chi connectivity index (χ4v) is 2.40. The fourth-order valence-electron chi connectivity index (χ4n) is 2.40. The summed E-state index contributed by atoms with van der Waals surface area (Å²) in [7, 11) is 0. The number of nitriles is 1. The summed E-state index contributed by atoms with van der Waals surface area (Å²) in [5.41, 5.74) is 4.49. The number of benzene rings is 1. The topological polar surface area (TPSA) is 61.8 Å². The molecule has 116 valence electrons. The molecular weight excluding hydrogens is 279 g/mol. The molecule has 1 atom stereocenters. The second kappa shape index (κ2) is 6.35. The highest BCUT2D eigenvalue weighted by atomic mass is 19.4. The van der Waals surface area contributed by atoms with Gasteiger partial charge in [0.2, 0.25) is 0 Å². The number of nitrogens with zero attached hydrogens (tertiary/aromatic N) is 1. The number of halogens is 3. The van der Waals surface area contributed by atoms with Crippen molar-refractivity contribution >= 4 is 5.69 Å². The van der Waals surface area contributed by atoms with Crippen LogP contribution in [0.3, 0.4) is 0 Å². The van der Waals surface area contributed by atoms with E-state index in [1.807, 2.05) is 20.8 Å². The van der Waals surface area contributed by atoms with Gasteiger partial charge in [-0.25, -0.2) is 0 Å². The molecular formula is C15H20F3N3. The van der Waals surface area contributed by atoms with Gasteiger partial charge in [-0.3, -0.25) is 0 Å². The molecule has 0 aliphatic heterocycles. The van der Waals surface area contributed by atoms with Crippen LogP contribution in [0.5, 0.6) is 0 Å². The Labute approximate surface area is 122 Å². The van der Waals surface area contributed by atoms with Gasteiger partial charge in [-0.2, -0.15) is 18.4 Å². The number of anilines is 1. The quantitative estimate of drug-likeness (QED) is 0.870. The monoisotopic (exact) mass is 299 g/mol. The summed E-state index contributed by atoms with van der Waals surface area (Å²) in [6.07, 6.45) is -3.76. The zero-order valence-corrected chi connectivity index (χ0v) is 12.4. The van der Waals surface area contributed by atoms with Crippen LogP contribution in [0, 0.1) is 17.2 Å². The Morgan fingerprint density at radius 1 is 1.33 bits per heavy atom. The van der Waals surface area contributed by atoms with Gasteiger partial charge in [0.15, 0.2) is 0 Å². The van der Waals surface area contributed by atoms with Crippen molar-refractivity contribution in [1.29, 1.82) is 5.26 Å². The van der Waals surface area contributed by atoms with E-state index in [9.17, 15) is 13.2 Å². The molecule has 6 heteroatoms. The van der Waals surface area contributed by atoms with E-state index in [2.05, 4.69) is 5.32 Å². The summed E-state index contributed by atoms with van der Waals surface area (Å²) in [4.78, 5) is 0. The van der Waals surface area contributed by atoms with Crippen LogP contribution in [0.2, 0.25) is 0 Å². The molecule has 0 spiro atoms. The van der Waals surface area contributed by atoms with E-state index in [1.165, 1.54) is 12.1 Å². The van der Waals surface area contributed by atoms with Crippen LogP contribution in [0.1, 0.15) is 38.3 Å². The molecule has 0 fully saturated rings. The molecule has 0 aliphatic carbocycles. The van der Waals surface area contributed by atoms with E-state index >= 15 is 0 Å². The average Bonchev–Trinajstić information content (AvgIpc) is 2.36. The van der Waals surface area contributed by atoms with Crippen LogP contribution in [0.15, 0.2) is 18.2 Å². The molecule has 0 radical (unpaired) electrons. The molecule has 1 unspecified atom stereocenters. The molecule has 3 nitrogen and oxygen atoms in total. The molecule has 0 bridgehead atoms. The summed E-state index contributed by atoms with van der Waals surface area (Å²) >= 11 is 0. The van der Waals surface area contributed by atoms with Crippen molar-refractivity contribution in [2.24, 2.45) is 11.7 Å². The molecule has 0 amide bonds. The van der Waals surface area contributed by atoms with E-state index in [4.69, 9.17) is 11.0 Å². The first-order valence-electron chi connectivity index (χ1n) is 6.71. The van der Waals surface area contributed by atoms with E-state index in [0.29, 0.717) is 18.2 Å². The first kappa shape index (κ1) is 17.3. The predicted octanol–water partition coefficient (Wildman–Crippen LogP) is 3.75. The molecule has 21 heavy (non-hydrogen) atoms. The third kappa shape index (κ3) is 4.64. The van der Waals surface area contributed by atoms with Gasteiger partial charge in [0, 0.05) is 17.8 Å². The lowest BCUT2D eigenvalue weighted by atomic mass is 9.90. The van der Waals surface area contributed by atoms with Crippen LogP contribution in [-0.4, -0.2) is 12.1 Å². The molecule has 0 heterocycles. The summed E-state index contributed by atoms with van der Waals surface area (Å²) in [5, 5.41) is 12.1. The highest BCUT2D eigenvalue weighted by Gasteiger charge is 2.34. The lowest BCUT2D eigenvalue weighted by Crippen LogP contribution is -2.43. The van der Waals surface area contributed by atoms with Crippen molar-refractivity contribution in [3.63, 3.8) is 0 Å². The third-order valence-corrected chi connectivity index (χ3v) is 3.20. The minimum absolute atomic E-state index is 0.341. The maximum absolute atomic E-state index is 12.8. The summed E-state index contributed by atoms with van der Waals surface area (Å²) in [6.45, 7) is 6.34. The molecule has 1 aromatic rings. The van der Waals surface area contributed by atoms with Crippen molar-refractivity contribution in [3.8, 4) is 6.07 Å².